The molecule has 0 aromatic heterocycles. The lowest BCUT2D eigenvalue weighted by molar-refractivity contribution is 0.0778. The van der Waals surface area contributed by atoms with E-state index in [-0.39, 0.29) is 6.09 Å². The van der Waals surface area contributed by atoms with E-state index in [0.717, 1.165) is 37.7 Å². The summed E-state index contributed by atoms with van der Waals surface area (Å²) >= 11 is 5.87. The minimum atomic E-state index is -0.200. The summed E-state index contributed by atoms with van der Waals surface area (Å²) in [5.41, 5.74) is 1.24. The monoisotopic (exact) mass is 282 g/mol. The predicted octanol–water partition coefficient (Wildman–Crippen LogP) is 2.61. The Balaban J connectivity index is 1.80. The number of hydrogen-bond acceptors (Lipinski definition) is 3. The SMILES string of the molecule is CCOC(=O)N1CCN(Cc2ccc(Cl)cc2)CC1. The molecule has 104 valence electrons. The van der Waals surface area contributed by atoms with Gasteiger partial charge < -0.3 is 9.64 Å². The normalized spacial score (nSPS) is 16.4. The second-order valence-corrected chi connectivity index (χ2v) is 5.03. The Morgan fingerprint density at radius 2 is 1.84 bits per heavy atom. The number of hydrogen-bond donors (Lipinski definition) is 0. The molecule has 0 radical (unpaired) electrons. The van der Waals surface area contributed by atoms with Gasteiger partial charge in [0.25, 0.3) is 0 Å². The number of amides is 1. The lowest BCUT2D eigenvalue weighted by Crippen LogP contribution is -2.48. The molecule has 5 heteroatoms. The van der Waals surface area contributed by atoms with Gasteiger partial charge in [-0.3, -0.25) is 4.90 Å². The van der Waals surface area contributed by atoms with E-state index >= 15 is 0 Å². The number of ether oxygens (including phenoxy) is 1. The first kappa shape index (κ1) is 14.2. The van der Waals surface area contributed by atoms with Gasteiger partial charge >= 0.3 is 6.09 Å². The number of piperazine rings is 1. The van der Waals surface area contributed by atoms with Crippen molar-refractivity contribution in [3.05, 3.63) is 34.9 Å². The van der Waals surface area contributed by atoms with Crippen LogP contribution in [0.4, 0.5) is 4.79 Å². The molecular weight excluding hydrogens is 264 g/mol. The van der Waals surface area contributed by atoms with Crippen LogP contribution in [0.25, 0.3) is 0 Å². The smallest absolute Gasteiger partial charge is 0.409 e. The first-order chi connectivity index (χ1) is 9.19. The zero-order valence-corrected chi connectivity index (χ0v) is 11.9. The third-order valence-corrected chi connectivity index (χ3v) is 3.47. The molecule has 19 heavy (non-hydrogen) atoms. The number of halogens is 1. The van der Waals surface area contributed by atoms with Gasteiger partial charge in [0.05, 0.1) is 6.61 Å². The van der Waals surface area contributed by atoms with Crippen molar-refractivity contribution >= 4 is 17.7 Å². The molecule has 1 heterocycles. The summed E-state index contributed by atoms with van der Waals surface area (Å²) in [6.07, 6.45) is -0.200. The summed E-state index contributed by atoms with van der Waals surface area (Å²) in [5.74, 6) is 0. The van der Waals surface area contributed by atoms with Gasteiger partial charge in [-0.2, -0.15) is 0 Å². The molecule has 0 spiro atoms. The third-order valence-electron chi connectivity index (χ3n) is 3.22. The highest BCUT2D eigenvalue weighted by Gasteiger charge is 2.21. The average molecular weight is 283 g/mol. The molecule has 1 aliphatic rings. The molecule has 1 fully saturated rings. The van der Waals surface area contributed by atoms with E-state index in [4.69, 9.17) is 16.3 Å². The molecule has 1 aromatic carbocycles. The topological polar surface area (TPSA) is 32.8 Å². The van der Waals surface area contributed by atoms with E-state index in [0.29, 0.717) is 6.61 Å². The minimum absolute atomic E-state index is 0.200. The van der Waals surface area contributed by atoms with Gasteiger partial charge in [-0.05, 0) is 24.6 Å². The van der Waals surface area contributed by atoms with Crippen LogP contribution in [-0.2, 0) is 11.3 Å². The number of nitrogens with zero attached hydrogens (tertiary/aromatic N) is 2. The van der Waals surface area contributed by atoms with Crippen LogP contribution in [0.1, 0.15) is 12.5 Å². The van der Waals surface area contributed by atoms with Crippen LogP contribution < -0.4 is 0 Å². The van der Waals surface area contributed by atoms with Crippen LogP contribution in [0, 0.1) is 0 Å². The maximum atomic E-state index is 11.6. The third kappa shape index (κ3) is 4.11. The lowest BCUT2D eigenvalue weighted by Gasteiger charge is -2.34. The molecule has 2 rings (SSSR count). The molecule has 4 nitrogen and oxygen atoms in total. The van der Waals surface area contributed by atoms with Crippen molar-refractivity contribution in [2.75, 3.05) is 32.8 Å². The first-order valence-electron chi connectivity index (χ1n) is 6.57. The summed E-state index contributed by atoms with van der Waals surface area (Å²) in [7, 11) is 0. The van der Waals surface area contributed by atoms with Gasteiger partial charge in [0.1, 0.15) is 0 Å². The zero-order valence-electron chi connectivity index (χ0n) is 11.1. The Hall–Kier alpha value is -1.26. The molecule has 1 amide bonds. The van der Waals surface area contributed by atoms with Crippen LogP contribution >= 0.6 is 11.6 Å². The second-order valence-electron chi connectivity index (χ2n) is 4.59. The fourth-order valence-corrected chi connectivity index (χ4v) is 2.28. The van der Waals surface area contributed by atoms with Gasteiger partial charge in [0, 0.05) is 37.7 Å². The van der Waals surface area contributed by atoms with Crippen LogP contribution in [0.3, 0.4) is 0 Å². The largest absolute Gasteiger partial charge is 0.450 e. The van der Waals surface area contributed by atoms with Gasteiger partial charge in [0.2, 0.25) is 0 Å². The number of carbonyl (C=O) groups excluding carboxylic acids is 1. The average Bonchev–Trinajstić information content (AvgIpc) is 2.42. The van der Waals surface area contributed by atoms with Crippen LogP contribution in [0.2, 0.25) is 5.02 Å². The van der Waals surface area contributed by atoms with Crippen molar-refractivity contribution in [2.24, 2.45) is 0 Å². The molecular formula is C14H19ClN2O2. The van der Waals surface area contributed by atoms with Crippen LogP contribution in [0.15, 0.2) is 24.3 Å². The van der Waals surface area contributed by atoms with Gasteiger partial charge in [0.15, 0.2) is 0 Å². The highest BCUT2D eigenvalue weighted by atomic mass is 35.5. The van der Waals surface area contributed by atoms with Crippen molar-refractivity contribution < 1.29 is 9.53 Å². The molecule has 0 N–H and O–H groups in total. The summed E-state index contributed by atoms with van der Waals surface area (Å²) in [5, 5.41) is 0.760. The standard InChI is InChI=1S/C14H19ClN2O2/c1-2-19-14(18)17-9-7-16(8-10-17)11-12-3-5-13(15)6-4-12/h3-6H,2,7-11H2,1H3. The summed E-state index contributed by atoms with van der Waals surface area (Å²) in [6, 6.07) is 7.90. The van der Waals surface area contributed by atoms with E-state index in [1.807, 2.05) is 31.2 Å². The summed E-state index contributed by atoms with van der Waals surface area (Å²) < 4.78 is 5.00. The Morgan fingerprint density at radius 3 is 2.42 bits per heavy atom. The van der Waals surface area contributed by atoms with Crippen molar-refractivity contribution in [1.29, 1.82) is 0 Å². The van der Waals surface area contributed by atoms with E-state index in [1.165, 1.54) is 5.56 Å². The number of carbonyl (C=O) groups is 1. The molecule has 0 aliphatic carbocycles. The number of benzene rings is 1. The van der Waals surface area contributed by atoms with E-state index in [1.54, 1.807) is 4.90 Å². The van der Waals surface area contributed by atoms with Crippen molar-refractivity contribution in [3.63, 3.8) is 0 Å². The van der Waals surface area contributed by atoms with Crippen LogP contribution in [0.5, 0.6) is 0 Å². The highest BCUT2D eigenvalue weighted by Crippen LogP contribution is 2.13. The van der Waals surface area contributed by atoms with Crippen molar-refractivity contribution in [3.8, 4) is 0 Å². The van der Waals surface area contributed by atoms with Gasteiger partial charge in [-0.1, -0.05) is 23.7 Å². The summed E-state index contributed by atoms with van der Waals surface area (Å²) in [6.45, 7) is 6.37. The predicted molar refractivity (Wildman–Crippen MR) is 75.3 cm³/mol. The van der Waals surface area contributed by atoms with E-state index in [9.17, 15) is 4.79 Å². The Kier molecular flexibility index (Phi) is 5.05. The Labute approximate surface area is 118 Å². The van der Waals surface area contributed by atoms with Crippen molar-refractivity contribution in [2.45, 2.75) is 13.5 Å². The Bertz CT molecular complexity index is 414. The molecule has 0 saturated carbocycles. The molecule has 0 atom stereocenters. The van der Waals surface area contributed by atoms with Gasteiger partial charge in [-0.25, -0.2) is 4.79 Å². The van der Waals surface area contributed by atoms with Crippen LogP contribution in [-0.4, -0.2) is 48.7 Å². The molecule has 1 aliphatic heterocycles. The maximum Gasteiger partial charge on any atom is 0.409 e. The summed E-state index contributed by atoms with van der Waals surface area (Å²) in [4.78, 5) is 15.7. The minimum Gasteiger partial charge on any atom is -0.450 e. The van der Waals surface area contributed by atoms with E-state index in [2.05, 4.69) is 4.90 Å². The molecule has 1 aromatic rings. The highest BCUT2D eigenvalue weighted by molar-refractivity contribution is 6.30. The maximum absolute atomic E-state index is 11.6. The molecule has 1 saturated heterocycles. The Morgan fingerprint density at radius 1 is 1.21 bits per heavy atom. The lowest BCUT2D eigenvalue weighted by atomic mass is 10.2. The van der Waals surface area contributed by atoms with Crippen molar-refractivity contribution in [1.82, 2.24) is 9.80 Å². The number of rotatable bonds is 3. The van der Waals surface area contributed by atoms with E-state index < -0.39 is 0 Å². The zero-order chi connectivity index (χ0) is 13.7. The second kappa shape index (κ2) is 6.78. The van der Waals surface area contributed by atoms with Gasteiger partial charge in [-0.15, -0.1) is 0 Å². The fraction of sp³-hybridized carbons (Fsp3) is 0.500. The quantitative estimate of drug-likeness (QED) is 0.854. The molecule has 0 bridgehead atoms. The fourth-order valence-electron chi connectivity index (χ4n) is 2.15. The molecule has 0 unspecified atom stereocenters. The first-order valence-corrected chi connectivity index (χ1v) is 6.95.